The molecule has 2 aromatic carbocycles. The van der Waals surface area contributed by atoms with Gasteiger partial charge in [0.05, 0.1) is 12.1 Å². The van der Waals surface area contributed by atoms with E-state index in [0.717, 1.165) is 17.5 Å². The largest absolute Gasteiger partial charge is 0.495 e. The third-order valence-corrected chi connectivity index (χ3v) is 6.07. The zero-order chi connectivity index (χ0) is 24.1. The number of benzene rings is 2. The molecular weight excluding hydrogens is 460 g/mol. The first kappa shape index (κ1) is 23.3. The molecule has 3 aromatic rings. The fourth-order valence-electron chi connectivity index (χ4n) is 3.54. The van der Waals surface area contributed by atoms with Crippen LogP contribution in [0.15, 0.2) is 54.9 Å². The van der Waals surface area contributed by atoms with Crippen molar-refractivity contribution in [1.82, 2.24) is 9.97 Å². The van der Waals surface area contributed by atoms with Crippen molar-refractivity contribution in [3.63, 3.8) is 0 Å². The molecule has 3 N–H and O–H groups in total. The van der Waals surface area contributed by atoms with Gasteiger partial charge < -0.3 is 25.2 Å². The molecule has 0 bridgehead atoms. The van der Waals surface area contributed by atoms with Gasteiger partial charge >= 0.3 is 18.0 Å². The van der Waals surface area contributed by atoms with Crippen LogP contribution in [-0.2, 0) is 4.79 Å². The first-order chi connectivity index (χ1) is 16.4. The Balaban J connectivity index is 1.33. The van der Waals surface area contributed by atoms with Crippen molar-refractivity contribution in [2.75, 3.05) is 24.4 Å². The highest BCUT2D eigenvalue weighted by molar-refractivity contribution is 6.32. The van der Waals surface area contributed by atoms with Crippen LogP contribution < -0.4 is 20.1 Å². The quantitative estimate of drug-likeness (QED) is 0.409. The predicted octanol–water partition coefficient (Wildman–Crippen LogP) is 5.08. The van der Waals surface area contributed by atoms with Gasteiger partial charge in [0.1, 0.15) is 17.8 Å². The van der Waals surface area contributed by atoms with E-state index in [1.54, 1.807) is 42.7 Å². The molecule has 2 amide bonds. The molecule has 0 saturated heterocycles. The third kappa shape index (κ3) is 5.20. The molecule has 1 heterocycles. The average molecular weight is 483 g/mol. The zero-order valence-electron chi connectivity index (χ0n) is 18.4. The normalized spacial score (nSPS) is 13.9. The van der Waals surface area contributed by atoms with E-state index in [4.69, 9.17) is 21.1 Å². The lowest BCUT2D eigenvalue weighted by Crippen LogP contribution is -2.43. The molecule has 1 aliphatic rings. The van der Waals surface area contributed by atoms with Crippen molar-refractivity contribution in [2.45, 2.75) is 19.3 Å². The first-order valence-electron chi connectivity index (χ1n) is 10.6. The van der Waals surface area contributed by atoms with Gasteiger partial charge in [0.25, 0.3) is 0 Å². The van der Waals surface area contributed by atoms with Crippen molar-refractivity contribution in [3.05, 3.63) is 59.9 Å². The molecule has 1 aliphatic carbocycles. The number of rotatable bonds is 8. The molecule has 0 aliphatic heterocycles. The lowest BCUT2D eigenvalue weighted by Gasteiger charge is -2.36. The minimum Gasteiger partial charge on any atom is -0.495 e. The van der Waals surface area contributed by atoms with Gasteiger partial charge in [-0.05, 0) is 42.7 Å². The SMILES string of the molecule is COc1cc(NC(=O)Nc2ccc(-c3cnc(OCC4(C(=O)O)CCC4)nc3)cc2)ccc1Cl. The molecule has 1 fully saturated rings. The molecule has 1 saturated carbocycles. The Bertz CT molecular complexity index is 1180. The average Bonchev–Trinajstić information content (AvgIpc) is 2.80. The zero-order valence-corrected chi connectivity index (χ0v) is 19.1. The summed E-state index contributed by atoms with van der Waals surface area (Å²) in [5.74, 6) is -0.377. The number of carbonyl (C=O) groups excluding carboxylic acids is 1. The lowest BCUT2D eigenvalue weighted by atomic mass is 9.69. The van der Waals surface area contributed by atoms with Gasteiger partial charge in [-0.25, -0.2) is 14.8 Å². The monoisotopic (exact) mass is 482 g/mol. The molecule has 0 radical (unpaired) electrons. The van der Waals surface area contributed by atoms with Crippen molar-refractivity contribution < 1.29 is 24.2 Å². The topological polar surface area (TPSA) is 123 Å². The summed E-state index contributed by atoms with van der Waals surface area (Å²) < 4.78 is 10.7. The van der Waals surface area contributed by atoms with Crippen LogP contribution in [-0.4, -0.2) is 40.8 Å². The number of halogens is 1. The number of anilines is 2. The van der Waals surface area contributed by atoms with E-state index in [2.05, 4.69) is 20.6 Å². The summed E-state index contributed by atoms with van der Waals surface area (Å²) in [6.45, 7) is 0.0624. The maximum Gasteiger partial charge on any atom is 0.323 e. The number of hydrogen-bond donors (Lipinski definition) is 3. The molecule has 4 rings (SSSR count). The fourth-order valence-corrected chi connectivity index (χ4v) is 3.74. The Morgan fingerprint density at radius 2 is 1.68 bits per heavy atom. The molecule has 10 heteroatoms. The number of nitrogens with zero attached hydrogens (tertiary/aromatic N) is 2. The number of amides is 2. The second-order valence-electron chi connectivity index (χ2n) is 7.99. The predicted molar refractivity (Wildman–Crippen MR) is 128 cm³/mol. The van der Waals surface area contributed by atoms with Crippen LogP contribution in [0.2, 0.25) is 5.02 Å². The number of carboxylic acids is 1. The number of carbonyl (C=O) groups is 2. The summed E-state index contributed by atoms with van der Waals surface area (Å²) in [6.07, 6.45) is 5.32. The van der Waals surface area contributed by atoms with E-state index in [9.17, 15) is 14.7 Å². The number of ether oxygens (including phenoxy) is 2. The summed E-state index contributed by atoms with van der Waals surface area (Å²) in [6, 6.07) is 11.9. The van der Waals surface area contributed by atoms with Crippen molar-refractivity contribution in [2.24, 2.45) is 5.41 Å². The van der Waals surface area contributed by atoms with Gasteiger partial charge in [-0.2, -0.15) is 0 Å². The molecule has 9 nitrogen and oxygen atoms in total. The minimum absolute atomic E-state index is 0.0624. The Morgan fingerprint density at radius 1 is 1.03 bits per heavy atom. The van der Waals surface area contributed by atoms with E-state index >= 15 is 0 Å². The summed E-state index contributed by atoms with van der Waals surface area (Å²) in [4.78, 5) is 32.1. The standard InChI is InChI=1S/C24H23ClN4O5/c1-33-20-11-18(7-8-19(20)25)29-22(32)28-17-5-3-15(4-6-17)16-12-26-23(27-13-16)34-14-24(21(30)31)9-2-10-24/h3-8,11-13H,2,9-10,14H2,1H3,(H,30,31)(H2,28,29,32). The van der Waals surface area contributed by atoms with E-state index < -0.39 is 17.4 Å². The van der Waals surface area contributed by atoms with Crippen LogP contribution in [0, 0.1) is 5.41 Å². The number of urea groups is 1. The van der Waals surface area contributed by atoms with Crippen LogP contribution in [0.1, 0.15) is 19.3 Å². The molecule has 34 heavy (non-hydrogen) atoms. The van der Waals surface area contributed by atoms with Gasteiger partial charge in [0.2, 0.25) is 0 Å². The van der Waals surface area contributed by atoms with Crippen molar-refractivity contribution in [3.8, 4) is 22.9 Å². The van der Waals surface area contributed by atoms with Crippen LogP contribution in [0.5, 0.6) is 11.8 Å². The third-order valence-electron chi connectivity index (χ3n) is 5.76. The minimum atomic E-state index is -0.842. The van der Waals surface area contributed by atoms with Crippen LogP contribution in [0.25, 0.3) is 11.1 Å². The maximum absolute atomic E-state index is 12.3. The lowest BCUT2D eigenvalue weighted by molar-refractivity contribution is -0.157. The second-order valence-corrected chi connectivity index (χ2v) is 8.40. The van der Waals surface area contributed by atoms with Gasteiger partial charge in [0, 0.05) is 35.4 Å². The summed E-state index contributed by atoms with van der Waals surface area (Å²) in [5, 5.41) is 15.3. The summed E-state index contributed by atoms with van der Waals surface area (Å²) in [7, 11) is 1.50. The molecule has 0 unspecified atom stereocenters. The van der Waals surface area contributed by atoms with E-state index in [-0.39, 0.29) is 12.6 Å². The van der Waals surface area contributed by atoms with Crippen LogP contribution in [0.3, 0.4) is 0 Å². The smallest absolute Gasteiger partial charge is 0.323 e. The van der Waals surface area contributed by atoms with Gasteiger partial charge in [-0.1, -0.05) is 30.2 Å². The molecule has 176 valence electrons. The Kier molecular flexibility index (Phi) is 6.83. The Labute approximate surface area is 201 Å². The van der Waals surface area contributed by atoms with E-state index in [1.807, 2.05) is 12.1 Å². The number of aromatic nitrogens is 2. The number of hydrogen-bond acceptors (Lipinski definition) is 6. The van der Waals surface area contributed by atoms with Crippen molar-refractivity contribution >= 4 is 35.0 Å². The van der Waals surface area contributed by atoms with Crippen LogP contribution >= 0.6 is 11.6 Å². The highest BCUT2D eigenvalue weighted by Crippen LogP contribution is 2.41. The fraction of sp³-hybridized carbons (Fsp3) is 0.250. The highest BCUT2D eigenvalue weighted by atomic mass is 35.5. The van der Waals surface area contributed by atoms with Crippen LogP contribution in [0.4, 0.5) is 16.2 Å². The van der Waals surface area contributed by atoms with E-state index in [1.165, 1.54) is 7.11 Å². The Morgan fingerprint density at radius 3 is 2.26 bits per heavy atom. The van der Waals surface area contributed by atoms with Gasteiger partial charge in [0.15, 0.2) is 0 Å². The maximum atomic E-state index is 12.3. The Hall–Kier alpha value is -3.85. The molecule has 0 spiro atoms. The van der Waals surface area contributed by atoms with Gasteiger partial charge in [-0.15, -0.1) is 0 Å². The second kappa shape index (κ2) is 9.96. The summed E-state index contributed by atoms with van der Waals surface area (Å²) in [5.41, 5.74) is 1.93. The van der Waals surface area contributed by atoms with Gasteiger partial charge in [-0.3, -0.25) is 4.79 Å². The number of nitrogens with one attached hydrogen (secondary N) is 2. The van der Waals surface area contributed by atoms with E-state index in [0.29, 0.717) is 35.0 Å². The highest BCUT2D eigenvalue weighted by Gasteiger charge is 2.45. The molecule has 1 aromatic heterocycles. The number of carboxylic acid groups (broad SMARTS) is 1. The first-order valence-corrected chi connectivity index (χ1v) is 11.0. The molecular formula is C24H23ClN4O5. The molecule has 0 atom stereocenters. The number of methoxy groups -OCH3 is 1. The van der Waals surface area contributed by atoms with Crippen molar-refractivity contribution in [1.29, 1.82) is 0 Å². The number of aliphatic carboxylic acids is 1. The summed E-state index contributed by atoms with van der Waals surface area (Å²) >= 11 is 6.00.